The Kier molecular flexibility index (Phi) is 4.36. The lowest BCUT2D eigenvalue weighted by atomic mass is 10.1. The van der Waals surface area contributed by atoms with Crippen LogP contribution in [-0.4, -0.2) is 35.8 Å². The van der Waals surface area contributed by atoms with Gasteiger partial charge >= 0.3 is 5.97 Å². The molecule has 0 saturated carbocycles. The molecular weight excluding hydrogens is 252 g/mol. The molecule has 0 aliphatic carbocycles. The molecule has 1 aromatic carbocycles. The van der Waals surface area contributed by atoms with Crippen LogP contribution in [0.5, 0.6) is 11.5 Å². The van der Waals surface area contributed by atoms with E-state index in [2.05, 4.69) is 0 Å². The summed E-state index contributed by atoms with van der Waals surface area (Å²) in [6.07, 6.45) is 0.778. The second-order valence-electron chi connectivity index (χ2n) is 4.12. The summed E-state index contributed by atoms with van der Waals surface area (Å²) in [5.41, 5.74) is 0.897. The van der Waals surface area contributed by atoms with Gasteiger partial charge in [0.2, 0.25) is 0 Å². The second-order valence-corrected chi connectivity index (χ2v) is 5.19. The van der Waals surface area contributed by atoms with E-state index in [4.69, 9.17) is 14.6 Å². The summed E-state index contributed by atoms with van der Waals surface area (Å²) >= 11 is 1.84. The van der Waals surface area contributed by atoms with Gasteiger partial charge in [-0.15, -0.1) is 0 Å². The van der Waals surface area contributed by atoms with Gasteiger partial charge in [-0.1, -0.05) is 12.1 Å². The number of carboxylic acids is 1. The van der Waals surface area contributed by atoms with Crippen LogP contribution in [0.1, 0.15) is 12.0 Å². The highest BCUT2D eigenvalue weighted by Gasteiger charge is 2.23. The fourth-order valence-electron chi connectivity index (χ4n) is 1.74. The Labute approximate surface area is 110 Å². The molecule has 0 amide bonds. The molecule has 0 spiro atoms. The van der Waals surface area contributed by atoms with Crippen molar-refractivity contribution in [3.8, 4) is 11.5 Å². The minimum Gasteiger partial charge on any atom is -0.493 e. The van der Waals surface area contributed by atoms with Gasteiger partial charge in [0.25, 0.3) is 0 Å². The fourth-order valence-corrected chi connectivity index (χ4v) is 2.31. The maximum atomic E-state index is 10.7. The molecule has 2 rings (SSSR count). The predicted molar refractivity (Wildman–Crippen MR) is 70.7 cm³/mol. The van der Waals surface area contributed by atoms with Crippen LogP contribution < -0.4 is 9.47 Å². The van der Waals surface area contributed by atoms with E-state index < -0.39 is 5.97 Å². The van der Waals surface area contributed by atoms with Crippen molar-refractivity contribution >= 4 is 17.7 Å². The number of benzene rings is 1. The Morgan fingerprint density at radius 1 is 1.50 bits per heavy atom. The van der Waals surface area contributed by atoms with E-state index in [0.29, 0.717) is 17.9 Å². The molecule has 0 unspecified atom stereocenters. The van der Waals surface area contributed by atoms with Gasteiger partial charge < -0.3 is 14.6 Å². The summed E-state index contributed by atoms with van der Waals surface area (Å²) in [5.74, 6) is 2.54. The van der Waals surface area contributed by atoms with E-state index in [9.17, 15) is 4.79 Å². The fraction of sp³-hybridized carbons (Fsp3) is 0.462. The van der Waals surface area contributed by atoms with Gasteiger partial charge in [-0.05, 0) is 18.1 Å². The molecule has 1 aliphatic heterocycles. The van der Waals surface area contributed by atoms with Crippen molar-refractivity contribution in [1.82, 2.24) is 0 Å². The van der Waals surface area contributed by atoms with Crippen LogP contribution in [0.4, 0.5) is 0 Å². The van der Waals surface area contributed by atoms with Crippen LogP contribution in [0.25, 0.3) is 0 Å². The smallest absolute Gasteiger partial charge is 0.303 e. The third-order valence-electron chi connectivity index (χ3n) is 2.78. The van der Waals surface area contributed by atoms with Gasteiger partial charge in [0.15, 0.2) is 11.5 Å². The van der Waals surface area contributed by atoms with Gasteiger partial charge in [0.05, 0.1) is 7.11 Å². The molecule has 0 atom stereocenters. The number of hydrogen-bond donors (Lipinski definition) is 1. The minimum absolute atomic E-state index is 0.100. The molecule has 18 heavy (non-hydrogen) atoms. The van der Waals surface area contributed by atoms with Crippen LogP contribution >= 0.6 is 11.8 Å². The Morgan fingerprint density at radius 2 is 2.28 bits per heavy atom. The number of ether oxygens (including phenoxy) is 2. The quantitative estimate of drug-likeness (QED) is 0.857. The van der Waals surface area contributed by atoms with Crippen molar-refractivity contribution in [2.24, 2.45) is 0 Å². The summed E-state index contributed by atoms with van der Waals surface area (Å²) in [7, 11) is 1.60. The standard InChI is InChI=1S/C13H16O4S/c1-16-11-4-2-3-9(5-6-12(14)15)13(11)17-10-7-18-8-10/h2-4,10H,5-8H2,1H3,(H,14,15). The van der Waals surface area contributed by atoms with Crippen LogP contribution in [0.15, 0.2) is 18.2 Å². The predicted octanol–water partition coefficient (Wildman–Crippen LogP) is 2.21. The van der Waals surface area contributed by atoms with Crippen molar-refractivity contribution in [1.29, 1.82) is 0 Å². The number of thioether (sulfide) groups is 1. The normalized spacial score (nSPS) is 14.9. The van der Waals surface area contributed by atoms with E-state index in [-0.39, 0.29) is 12.5 Å². The first kappa shape index (κ1) is 13.1. The van der Waals surface area contributed by atoms with E-state index in [1.165, 1.54) is 0 Å². The SMILES string of the molecule is COc1cccc(CCC(=O)O)c1OC1CSC1. The molecule has 1 fully saturated rings. The van der Waals surface area contributed by atoms with E-state index in [1.807, 2.05) is 30.0 Å². The number of aryl methyl sites for hydroxylation is 1. The Bertz CT molecular complexity index is 429. The highest BCUT2D eigenvalue weighted by Crippen LogP contribution is 2.35. The molecular formula is C13H16O4S. The summed E-state index contributed by atoms with van der Waals surface area (Å²) in [6.45, 7) is 0. The molecule has 0 bridgehead atoms. The lowest BCUT2D eigenvalue weighted by Crippen LogP contribution is -2.31. The van der Waals surface area contributed by atoms with Crippen molar-refractivity contribution in [3.63, 3.8) is 0 Å². The summed E-state index contributed by atoms with van der Waals surface area (Å²) in [5, 5.41) is 8.76. The Hall–Kier alpha value is -1.36. The molecule has 98 valence electrons. The maximum absolute atomic E-state index is 10.7. The number of methoxy groups -OCH3 is 1. The van der Waals surface area contributed by atoms with Crippen molar-refractivity contribution in [2.75, 3.05) is 18.6 Å². The van der Waals surface area contributed by atoms with Crippen molar-refractivity contribution in [3.05, 3.63) is 23.8 Å². The van der Waals surface area contributed by atoms with Crippen LogP contribution in [0, 0.1) is 0 Å². The van der Waals surface area contributed by atoms with Gasteiger partial charge in [-0.3, -0.25) is 4.79 Å². The van der Waals surface area contributed by atoms with Gasteiger partial charge in [0, 0.05) is 17.9 Å². The molecule has 5 heteroatoms. The summed E-state index contributed by atoms with van der Waals surface area (Å²) in [4.78, 5) is 10.7. The number of aliphatic carboxylic acids is 1. The number of para-hydroxylation sites is 1. The average Bonchev–Trinajstić information content (AvgIpc) is 2.31. The average molecular weight is 268 g/mol. The molecule has 1 heterocycles. The molecule has 0 radical (unpaired) electrons. The first-order chi connectivity index (χ1) is 8.70. The largest absolute Gasteiger partial charge is 0.493 e. The third-order valence-corrected chi connectivity index (χ3v) is 4.00. The van der Waals surface area contributed by atoms with Crippen molar-refractivity contribution < 1.29 is 19.4 Å². The Morgan fingerprint density at radius 3 is 2.83 bits per heavy atom. The van der Waals surface area contributed by atoms with Crippen LogP contribution in [0.3, 0.4) is 0 Å². The summed E-state index contributed by atoms with van der Waals surface area (Å²) < 4.78 is 11.2. The summed E-state index contributed by atoms with van der Waals surface area (Å²) in [6, 6.07) is 5.59. The zero-order valence-electron chi connectivity index (χ0n) is 10.2. The zero-order valence-corrected chi connectivity index (χ0v) is 11.0. The molecule has 1 aliphatic rings. The third kappa shape index (κ3) is 3.10. The van der Waals surface area contributed by atoms with Gasteiger partial charge in [-0.25, -0.2) is 0 Å². The molecule has 0 aromatic heterocycles. The first-order valence-electron chi connectivity index (χ1n) is 5.82. The molecule has 1 aromatic rings. The lowest BCUT2D eigenvalue weighted by Gasteiger charge is -2.27. The van der Waals surface area contributed by atoms with E-state index >= 15 is 0 Å². The van der Waals surface area contributed by atoms with Crippen LogP contribution in [0.2, 0.25) is 0 Å². The number of rotatable bonds is 6. The molecule has 4 nitrogen and oxygen atoms in total. The van der Waals surface area contributed by atoms with Gasteiger partial charge in [-0.2, -0.15) is 11.8 Å². The molecule has 1 saturated heterocycles. The highest BCUT2D eigenvalue weighted by molar-refractivity contribution is 8.00. The monoisotopic (exact) mass is 268 g/mol. The maximum Gasteiger partial charge on any atom is 0.303 e. The first-order valence-corrected chi connectivity index (χ1v) is 6.98. The number of carbonyl (C=O) groups is 1. The minimum atomic E-state index is -0.803. The van der Waals surface area contributed by atoms with E-state index in [0.717, 1.165) is 17.1 Å². The topological polar surface area (TPSA) is 55.8 Å². The Balaban J connectivity index is 2.16. The second kappa shape index (κ2) is 6.00. The number of hydrogen-bond acceptors (Lipinski definition) is 4. The lowest BCUT2D eigenvalue weighted by molar-refractivity contribution is -0.136. The highest BCUT2D eigenvalue weighted by atomic mass is 32.2. The van der Waals surface area contributed by atoms with E-state index in [1.54, 1.807) is 7.11 Å². The molecule has 1 N–H and O–H groups in total. The van der Waals surface area contributed by atoms with Crippen LogP contribution in [-0.2, 0) is 11.2 Å². The zero-order chi connectivity index (χ0) is 13.0. The van der Waals surface area contributed by atoms with Crippen molar-refractivity contribution in [2.45, 2.75) is 18.9 Å². The number of carboxylic acid groups (broad SMARTS) is 1. The van der Waals surface area contributed by atoms with Gasteiger partial charge in [0.1, 0.15) is 6.10 Å².